The van der Waals surface area contributed by atoms with Crippen molar-refractivity contribution in [3.63, 3.8) is 0 Å². The number of nitrogens with zero attached hydrogens (tertiary/aromatic N) is 2. The Hall–Kier alpha value is -0.920. The molecule has 4 rings (SSSR count). The van der Waals surface area contributed by atoms with E-state index in [2.05, 4.69) is 16.3 Å². The molecule has 2 fully saturated rings. The second-order valence-corrected chi connectivity index (χ2v) is 10.9. The van der Waals surface area contributed by atoms with Crippen molar-refractivity contribution in [3.05, 3.63) is 21.9 Å². The molecular weight excluding hydrogens is 356 g/mol. The van der Waals surface area contributed by atoms with Crippen LogP contribution in [0.15, 0.2) is 11.4 Å². The molecule has 1 aliphatic carbocycles. The summed E-state index contributed by atoms with van der Waals surface area (Å²) in [6.45, 7) is 2.18. The Bertz CT molecular complexity index is 737. The van der Waals surface area contributed by atoms with E-state index in [0.29, 0.717) is 13.0 Å². The van der Waals surface area contributed by atoms with Crippen LogP contribution < -0.4 is 0 Å². The summed E-state index contributed by atoms with van der Waals surface area (Å²) in [7, 11) is -2.98. The summed E-state index contributed by atoms with van der Waals surface area (Å²) in [6, 6.07) is 2.30. The lowest BCUT2D eigenvalue weighted by Crippen LogP contribution is -2.51. The Labute approximate surface area is 153 Å². The zero-order valence-corrected chi connectivity index (χ0v) is 16.2. The molecule has 1 amide bonds. The van der Waals surface area contributed by atoms with E-state index in [0.717, 1.165) is 45.2 Å². The van der Waals surface area contributed by atoms with Gasteiger partial charge in [0.1, 0.15) is 0 Å². The van der Waals surface area contributed by atoms with Gasteiger partial charge in [-0.25, -0.2) is 8.42 Å². The Morgan fingerprint density at radius 3 is 2.76 bits per heavy atom. The number of carbonyl (C=O) groups excluding carboxylic acids is 1. The number of thiophene rings is 1. The molecule has 25 heavy (non-hydrogen) atoms. The van der Waals surface area contributed by atoms with Gasteiger partial charge in [0.2, 0.25) is 5.91 Å². The van der Waals surface area contributed by atoms with Crippen molar-refractivity contribution >= 4 is 27.1 Å². The molecule has 2 aliphatic heterocycles. The molecule has 0 bridgehead atoms. The van der Waals surface area contributed by atoms with E-state index in [1.807, 2.05) is 4.90 Å². The standard InChI is InChI=1S/C18H26N2O3S2/c21-18(12-19-8-5-17-14(11-19)6-9-24-17)20(15-3-1-2-4-15)16-7-10-25(22,23)13-16/h6,9,15-16H,1-5,7-8,10-13H2/t16-/m0/s1. The van der Waals surface area contributed by atoms with E-state index in [-0.39, 0.29) is 29.5 Å². The molecule has 0 radical (unpaired) electrons. The van der Waals surface area contributed by atoms with Gasteiger partial charge in [0.05, 0.1) is 18.1 Å². The SMILES string of the molecule is O=C(CN1CCc2sccc2C1)N(C1CCCC1)[C@H]1CCS(=O)(=O)C1. The van der Waals surface area contributed by atoms with Gasteiger partial charge in [0.15, 0.2) is 9.84 Å². The highest BCUT2D eigenvalue weighted by molar-refractivity contribution is 7.91. The van der Waals surface area contributed by atoms with Gasteiger partial charge in [-0.3, -0.25) is 9.69 Å². The fourth-order valence-electron chi connectivity index (χ4n) is 4.60. The minimum absolute atomic E-state index is 0.109. The van der Waals surface area contributed by atoms with E-state index >= 15 is 0 Å². The molecule has 0 spiro atoms. The van der Waals surface area contributed by atoms with Crippen molar-refractivity contribution in [1.82, 2.24) is 9.80 Å². The fourth-order valence-corrected chi connectivity index (χ4v) is 7.20. The minimum atomic E-state index is -2.98. The van der Waals surface area contributed by atoms with Gasteiger partial charge in [-0.2, -0.15) is 0 Å². The van der Waals surface area contributed by atoms with Gasteiger partial charge in [0, 0.05) is 30.1 Å². The first kappa shape index (κ1) is 17.5. The van der Waals surface area contributed by atoms with Crippen molar-refractivity contribution < 1.29 is 13.2 Å². The van der Waals surface area contributed by atoms with Gasteiger partial charge >= 0.3 is 0 Å². The topological polar surface area (TPSA) is 57.7 Å². The normalized spacial score (nSPS) is 26.6. The maximum atomic E-state index is 13.1. The quantitative estimate of drug-likeness (QED) is 0.800. The van der Waals surface area contributed by atoms with Crippen molar-refractivity contribution in [1.29, 1.82) is 0 Å². The molecular formula is C18H26N2O3S2. The van der Waals surface area contributed by atoms with Crippen LogP contribution in [0.3, 0.4) is 0 Å². The van der Waals surface area contributed by atoms with E-state index in [1.165, 1.54) is 10.4 Å². The zero-order chi connectivity index (χ0) is 17.4. The van der Waals surface area contributed by atoms with E-state index in [1.54, 1.807) is 11.3 Å². The first-order chi connectivity index (χ1) is 12.0. The predicted molar refractivity (Wildman–Crippen MR) is 99.5 cm³/mol. The summed E-state index contributed by atoms with van der Waals surface area (Å²) in [5, 5.41) is 2.13. The van der Waals surface area contributed by atoms with Crippen LogP contribution in [-0.4, -0.2) is 60.8 Å². The lowest BCUT2D eigenvalue weighted by Gasteiger charge is -2.36. The predicted octanol–water partition coefficient (Wildman–Crippen LogP) is 2.06. The van der Waals surface area contributed by atoms with Crippen LogP contribution in [0.1, 0.15) is 42.5 Å². The highest BCUT2D eigenvalue weighted by Crippen LogP contribution is 2.30. The number of rotatable bonds is 4. The van der Waals surface area contributed by atoms with Gasteiger partial charge in [0.25, 0.3) is 0 Å². The highest BCUT2D eigenvalue weighted by atomic mass is 32.2. The fraction of sp³-hybridized carbons (Fsp3) is 0.722. The molecule has 1 saturated carbocycles. The lowest BCUT2D eigenvalue weighted by atomic mass is 10.1. The number of sulfone groups is 1. The molecule has 0 unspecified atom stereocenters. The Kier molecular flexibility index (Phi) is 4.90. The zero-order valence-electron chi connectivity index (χ0n) is 14.5. The molecule has 3 aliphatic rings. The van der Waals surface area contributed by atoms with Gasteiger partial charge in [-0.05, 0) is 42.7 Å². The number of fused-ring (bicyclic) bond motifs is 1. The second-order valence-electron chi connectivity index (χ2n) is 7.63. The number of amides is 1. The first-order valence-corrected chi connectivity index (χ1v) is 12.0. The minimum Gasteiger partial charge on any atom is -0.335 e. The Morgan fingerprint density at radius 1 is 1.24 bits per heavy atom. The average Bonchev–Trinajstić information content (AvgIpc) is 3.28. The smallest absolute Gasteiger partial charge is 0.237 e. The van der Waals surface area contributed by atoms with Crippen LogP contribution in [-0.2, 0) is 27.6 Å². The van der Waals surface area contributed by atoms with E-state index in [9.17, 15) is 13.2 Å². The average molecular weight is 383 g/mol. The van der Waals surface area contributed by atoms with Crippen LogP contribution in [0.2, 0.25) is 0 Å². The molecule has 3 heterocycles. The summed E-state index contributed by atoms with van der Waals surface area (Å²) in [4.78, 5) is 18.8. The summed E-state index contributed by atoms with van der Waals surface area (Å²) in [6.07, 6.45) is 5.97. The van der Waals surface area contributed by atoms with Gasteiger partial charge < -0.3 is 4.90 Å². The molecule has 138 valence electrons. The second kappa shape index (κ2) is 7.00. The summed E-state index contributed by atoms with van der Waals surface area (Å²) < 4.78 is 23.9. The number of hydrogen-bond donors (Lipinski definition) is 0. The third kappa shape index (κ3) is 3.78. The van der Waals surface area contributed by atoms with Crippen LogP contribution in [0.5, 0.6) is 0 Å². The van der Waals surface area contributed by atoms with Gasteiger partial charge in [-0.1, -0.05) is 12.8 Å². The van der Waals surface area contributed by atoms with Crippen LogP contribution >= 0.6 is 11.3 Å². The summed E-state index contributed by atoms with van der Waals surface area (Å²) >= 11 is 1.80. The lowest BCUT2D eigenvalue weighted by molar-refractivity contribution is -0.137. The molecule has 7 heteroatoms. The van der Waals surface area contributed by atoms with Crippen LogP contribution in [0.25, 0.3) is 0 Å². The summed E-state index contributed by atoms with van der Waals surface area (Å²) in [5.41, 5.74) is 1.35. The maximum Gasteiger partial charge on any atom is 0.237 e. The molecule has 1 atom stereocenters. The molecule has 5 nitrogen and oxygen atoms in total. The van der Waals surface area contributed by atoms with Crippen molar-refractivity contribution in [2.45, 2.75) is 57.2 Å². The van der Waals surface area contributed by atoms with Crippen molar-refractivity contribution in [3.8, 4) is 0 Å². The molecule has 1 saturated heterocycles. The number of carbonyl (C=O) groups is 1. The largest absolute Gasteiger partial charge is 0.335 e. The van der Waals surface area contributed by atoms with Crippen LogP contribution in [0.4, 0.5) is 0 Å². The highest BCUT2D eigenvalue weighted by Gasteiger charge is 2.39. The third-order valence-corrected chi connectivity index (χ3v) is 8.63. The summed E-state index contributed by atoms with van der Waals surface area (Å²) in [5.74, 6) is 0.521. The monoisotopic (exact) mass is 382 g/mol. The van der Waals surface area contributed by atoms with Crippen molar-refractivity contribution in [2.75, 3.05) is 24.6 Å². The van der Waals surface area contributed by atoms with Crippen molar-refractivity contribution in [2.24, 2.45) is 0 Å². The Morgan fingerprint density at radius 2 is 2.04 bits per heavy atom. The molecule has 1 aromatic heterocycles. The van der Waals surface area contributed by atoms with Gasteiger partial charge in [-0.15, -0.1) is 11.3 Å². The van der Waals surface area contributed by atoms with E-state index < -0.39 is 9.84 Å². The maximum absolute atomic E-state index is 13.1. The molecule has 0 N–H and O–H groups in total. The van der Waals surface area contributed by atoms with E-state index in [4.69, 9.17) is 0 Å². The Balaban J connectivity index is 1.46. The third-order valence-electron chi connectivity index (χ3n) is 5.85. The molecule has 0 aromatic carbocycles. The number of hydrogen-bond acceptors (Lipinski definition) is 5. The first-order valence-electron chi connectivity index (χ1n) is 9.31. The molecule has 1 aromatic rings. The van der Waals surface area contributed by atoms with Crippen LogP contribution in [0, 0.1) is 0 Å².